The van der Waals surface area contributed by atoms with Crippen LogP contribution < -0.4 is 0 Å². The van der Waals surface area contributed by atoms with E-state index in [4.69, 9.17) is 4.74 Å². The number of fused-ring (bicyclic) bond motifs is 1. The Bertz CT molecular complexity index is 1080. The summed E-state index contributed by atoms with van der Waals surface area (Å²) in [6, 6.07) is 4.81. The third kappa shape index (κ3) is 5.98. The first-order valence-electron chi connectivity index (χ1n) is 11.2. The van der Waals surface area contributed by atoms with Crippen LogP contribution in [0, 0.1) is 11.7 Å². The Morgan fingerprint density at radius 1 is 1.35 bits per heavy atom. The molecule has 0 aliphatic carbocycles. The van der Waals surface area contributed by atoms with Gasteiger partial charge in [0.05, 0.1) is 37.3 Å². The van der Waals surface area contributed by atoms with E-state index in [-0.39, 0.29) is 44.5 Å². The summed E-state index contributed by atoms with van der Waals surface area (Å²) in [6.45, 7) is 4.27. The Kier molecular flexibility index (Phi) is 8.74. The van der Waals surface area contributed by atoms with Crippen LogP contribution in [-0.4, -0.2) is 82.5 Å². The topological polar surface area (TPSA) is 118 Å². The van der Waals surface area contributed by atoms with Gasteiger partial charge in [0, 0.05) is 39.0 Å². The number of carbonyl (C=O) groups excluding carboxylic acids is 1. The molecule has 2 heterocycles. The summed E-state index contributed by atoms with van der Waals surface area (Å²) in [5.74, 6) is -1.23. The number of aliphatic hydroxyl groups excluding tert-OH is 1. The standard InChI is InChI=1S/C22H32FN5O5S/c1-16-12-27(17(2)14-29)22(30)9-6-10-28-18(11-24-25-28)15-33-20(16)13-26(3)34(31,32)21-8-5-4-7-19(21)23/h4-5,7-8,11,16-17,20,29H,6,9-10,12-15H2,1-3H3/t16-,17-,20+/m0/s1. The average molecular weight is 498 g/mol. The lowest BCUT2D eigenvalue weighted by molar-refractivity contribution is -0.136. The third-order valence-corrected chi connectivity index (χ3v) is 7.96. The van der Waals surface area contributed by atoms with Gasteiger partial charge in [0.15, 0.2) is 0 Å². The Balaban J connectivity index is 1.88. The molecule has 0 radical (unpaired) electrons. The summed E-state index contributed by atoms with van der Waals surface area (Å²) in [7, 11) is -2.74. The van der Waals surface area contributed by atoms with Crippen molar-refractivity contribution in [3.63, 3.8) is 0 Å². The number of hydrogen-bond donors (Lipinski definition) is 1. The van der Waals surface area contributed by atoms with Crippen LogP contribution >= 0.6 is 0 Å². The molecule has 3 atom stereocenters. The molecule has 0 bridgehead atoms. The third-order valence-electron chi connectivity index (χ3n) is 6.10. The largest absolute Gasteiger partial charge is 0.394 e. The molecule has 0 saturated heterocycles. The molecule has 1 amide bonds. The zero-order valence-corrected chi connectivity index (χ0v) is 20.5. The number of aryl methyl sites for hydroxylation is 1. The number of sulfonamides is 1. The van der Waals surface area contributed by atoms with Crippen LogP contribution in [-0.2, 0) is 32.7 Å². The Morgan fingerprint density at radius 2 is 2.09 bits per heavy atom. The van der Waals surface area contributed by atoms with Gasteiger partial charge in [0.25, 0.3) is 0 Å². The van der Waals surface area contributed by atoms with Gasteiger partial charge in [-0.1, -0.05) is 24.3 Å². The molecule has 1 aromatic carbocycles. The molecule has 2 aromatic rings. The number of rotatable bonds is 6. The van der Waals surface area contributed by atoms with Crippen molar-refractivity contribution in [2.75, 3.05) is 26.7 Å². The van der Waals surface area contributed by atoms with Gasteiger partial charge in [-0.3, -0.25) is 4.79 Å². The van der Waals surface area contributed by atoms with Gasteiger partial charge in [-0.15, -0.1) is 5.10 Å². The number of nitrogens with zero attached hydrogens (tertiary/aromatic N) is 5. The Morgan fingerprint density at radius 3 is 2.79 bits per heavy atom. The molecule has 1 aliphatic rings. The highest BCUT2D eigenvalue weighted by atomic mass is 32.2. The number of benzene rings is 1. The minimum Gasteiger partial charge on any atom is -0.394 e. The highest BCUT2D eigenvalue weighted by Gasteiger charge is 2.32. The average Bonchev–Trinajstić information content (AvgIpc) is 3.25. The highest BCUT2D eigenvalue weighted by Crippen LogP contribution is 2.22. The number of amides is 1. The van der Waals surface area contributed by atoms with Crippen LogP contribution in [0.1, 0.15) is 32.4 Å². The van der Waals surface area contributed by atoms with Gasteiger partial charge in [-0.25, -0.2) is 17.5 Å². The fourth-order valence-corrected chi connectivity index (χ4v) is 5.16. The smallest absolute Gasteiger partial charge is 0.245 e. The van der Waals surface area contributed by atoms with Crippen molar-refractivity contribution in [2.24, 2.45) is 5.92 Å². The van der Waals surface area contributed by atoms with Crippen LogP contribution in [0.4, 0.5) is 4.39 Å². The lowest BCUT2D eigenvalue weighted by atomic mass is 10.0. The van der Waals surface area contributed by atoms with Crippen LogP contribution in [0.2, 0.25) is 0 Å². The fraction of sp³-hybridized carbons (Fsp3) is 0.591. The molecule has 0 spiro atoms. The van der Waals surface area contributed by atoms with Gasteiger partial charge < -0.3 is 14.7 Å². The minimum atomic E-state index is -4.11. The Labute approximate surface area is 199 Å². The number of aliphatic hydroxyl groups is 1. The number of halogens is 1. The second kappa shape index (κ2) is 11.3. The first kappa shape index (κ1) is 26.2. The molecule has 1 aromatic heterocycles. The van der Waals surface area contributed by atoms with Gasteiger partial charge in [-0.2, -0.15) is 4.31 Å². The van der Waals surface area contributed by atoms with E-state index in [0.717, 1.165) is 10.4 Å². The molecule has 188 valence electrons. The molecule has 3 rings (SSSR count). The van der Waals surface area contributed by atoms with E-state index in [1.54, 1.807) is 22.7 Å². The van der Waals surface area contributed by atoms with E-state index in [1.165, 1.54) is 25.2 Å². The van der Waals surface area contributed by atoms with E-state index in [9.17, 15) is 22.7 Å². The Hall–Kier alpha value is -2.41. The summed E-state index contributed by atoms with van der Waals surface area (Å²) in [6.07, 6.45) is 1.79. The zero-order chi connectivity index (χ0) is 24.9. The van der Waals surface area contributed by atoms with Crippen molar-refractivity contribution < 1.29 is 27.4 Å². The van der Waals surface area contributed by atoms with Gasteiger partial charge in [0.2, 0.25) is 15.9 Å². The van der Waals surface area contributed by atoms with Crippen molar-refractivity contribution in [3.8, 4) is 0 Å². The lowest BCUT2D eigenvalue weighted by Crippen LogP contribution is -2.48. The fourth-order valence-electron chi connectivity index (χ4n) is 3.92. The zero-order valence-electron chi connectivity index (χ0n) is 19.7. The van der Waals surface area contributed by atoms with Gasteiger partial charge in [0.1, 0.15) is 10.7 Å². The van der Waals surface area contributed by atoms with E-state index in [2.05, 4.69) is 10.3 Å². The van der Waals surface area contributed by atoms with Crippen molar-refractivity contribution in [1.29, 1.82) is 0 Å². The number of likely N-dealkylation sites (N-methyl/N-ethyl adjacent to an activating group) is 1. The van der Waals surface area contributed by atoms with Crippen molar-refractivity contribution in [2.45, 2.75) is 56.9 Å². The maximum atomic E-state index is 14.2. The second-order valence-electron chi connectivity index (χ2n) is 8.67. The second-order valence-corrected chi connectivity index (χ2v) is 10.7. The molecule has 34 heavy (non-hydrogen) atoms. The van der Waals surface area contributed by atoms with E-state index in [1.807, 2.05) is 6.92 Å². The first-order chi connectivity index (χ1) is 16.1. The van der Waals surface area contributed by atoms with Crippen molar-refractivity contribution in [3.05, 3.63) is 42.0 Å². The number of ether oxygens (including phenoxy) is 1. The number of carbonyl (C=O) groups is 1. The lowest BCUT2D eigenvalue weighted by Gasteiger charge is -2.35. The molecule has 0 fully saturated rings. The SMILES string of the molecule is C[C@H]1CN([C@@H](C)CO)C(=O)CCCn2nncc2CO[C@@H]1CN(C)S(=O)(=O)c1ccccc1F. The van der Waals surface area contributed by atoms with Gasteiger partial charge in [-0.05, 0) is 25.5 Å². The predicted molar refractivity (Wildman–Crippen MR) is 121 cm³/mol. The van der Waals surface area contributed by atoms with E-state index < -0.39 is 32.9 Å². The van der Waals surface area contributed by atoms with E-state index in [0.29, 0.717) is 18.7 Å². The van der Waals surface area contributed by atoms with E-state index >= 15 is 0 Å². The summed E-state index contributed by atoms with van der Waals surface area (Å²) < 4.78 is 49.2. The molecule has 0 unspecified atom stereocenters. The quantitative estimate of drug-likeness (QED) is 0.638. The highest BCUT2D eigenvalue weighted by molar-refractivity contribution is 7.89. The summed E-state index contributed by atoms with van der Waals surface area (Å²) in [5, 5.41) is 17.6. The van der Waals surface area contributed by atoms with Crippen LogP contribution in [0.15, 0.2) is 35.4 Å². The monoisotopic (exact) mass is 497 g/mol. The number of hydrogen-bond acceptors (Lipinski definition) is 7. The molecular weight excluding hydrogens is 465 g/mol. The van der Waals surface area contributed by atoms with Crippen LogP contribution in [0.5, 0.6) is 0 Å². The molecule has 1 N–H and O–H groups in total. The summed E-state index contributed by atoms with van der Waals surface area (Å²) in [4.78, 5) is 14.1. The first-order valence-corrected chi connectivity index (χ1v) is 12.7. The maximum Gasteiger partial charge on any atom is 0.245 e. The summed E-state index contributed by atoms with van der Waals surface area (Å²) in [5.41, 5.74) is 0.713. The molecule has 12 heteroatoms. The number of aromatic nitrogens is 3. The molecular formula is C22H32FN5O5S. The normalized spacial score (nSPS) is 21.6. The maximum absolute atomic E-state index is 14.2. The van der Waals surface area contributed by atoms with Crippen molar-refractivity contribution in [1.82, 2.24) is 24.2 Å². The van der Waals surface area contributed by atoms with Crippen molar-refractivity contribution >= 4 is 15.9 Å². The minimum absolute atomic E-state index is 0.0606. The molecule has 1 aliphatic heterocycles. The predicted octanol–water partition coefficient (Wildman–Crippen LogP) is 1.26. The molecule has 0 saturated carbocycles. The van der Waals surface area contributed by atoms with Gasteiger partial charge >= 0.3 is 0 Å². The van der Waals surface area contributed by atoms with Crippen LogP contribution in [0.25, 0.3) is 0 Å². The summed E-state index contributed by atoms with van der Waals surface area (Å²) >= 11 is 0. The van der Waals surface area contributed by atoms with Crippen LogP contribution in [0.3, 0.4) is 0 Å². The molecule has 10 nitrogen and oxygen atoms in total.